The first-order chi connectivity index (χ1) is 9.45. The number of amides is 1. The van der Waals surface area contributed by atoms with Gasteiger partial charge in [-0.15, -0.1) is 0 Å². The van der Waals surface area contributed by atoms with Crippen molar-refractivity contribution in [3.8, 4) is 0 Å². The van der Waals surface area contributed by atoms with E-state index in [0.717, 1.165) is 38.5 Å². The highest BCUT2D eigenvalue weighted by atomic mass is 32.2. The number of hydrogen-bond acceptors (Lipinski definition) is 3. The van der Waals surface area contributed by atoms with Gasteiger partial charge in [-0.1, -0.05) is 12.8 Å². The fourth-order valence-corrected chi connectivity index (χ4v) is 3.31. The monoisotopic (exact) mass is 297 g/mol. The van der Waals surface area contributed by atoms with Crippen LogP contribution in [-0.4, -0.2) is 24.9 Å². The van der Waals surface area contributed by atoms with Crippen molar-refractivity contribution < 1.29 is 13.2 Å². The second-order valence-electron chi connectivity index (χ2n) is 5.70. The van der Waals surface area contributed by atoms with E-state index in [9.17, 15) is 13.2 Å². The molecule has 0 saturated heterocycles. The fraction of sp³-hybridized carbons (Fsp3) is 0.615. The fourth-order valence-electron chi connectivity index (χ4n) is 2.78. The molecule has 2 fully saturated rings. The van der Waals surface area contributed by atoms with Crippen LogP contribution in [0.2, 0.25) is 0 Å². The number of carbonyl (C=O) groups is 1. The van der Waals surface area contributed by atoms with Crippen LogP contribution in [0.5, 0.6) is 0 Å². The number of nitrogens with zero attached hydrogens (tertiary/aromatic N) is 1. The van der Waals surface area contributed by atoms with Gasteiger partial charge in [-0.25, -0.2) is 13.6 Å². The molecule has 3 N–H and O–H groups in total. The Morgan fingerprint density at radius 1 is 1.25 bits per heavy atom. The normalized spacial score (nSPS) is 20.2. The van der Waals surface area contributed by atoms with Crippen LogP contribution in [0.3, 0.4) is 0 Å². The first kappa shape index (κ1) is 13.6. The molecule has 2 aliphatic rings. The molecule has 110 valence electrons. The molecule has 7 heteroatoms. The van der Waals surface area contributed by atoms with Crippen LogP contribution in [0.15, 0.2) is 17.2 Å². The SMILES string of the molecule is NS(=O)(=O)c1cc(C(=O)NC2CCCC2)n(C2CC2)c1. The summed E-state index contributed by atoms with van der Waals surface area (Å²) in [6.07, 6.45) is 7.70. The predicted octanol–water partition coefficient (Wildman–Crippen LogP) is 1.14. The summed E-state index contributed by atoms with van der Waals surface area (Å²) in [5.41, 5.74) is 0.406. The molecule has 0 bridgehead atoms. The number of primary sulfonamides is 1. The first-order valence-corrected chi connectivity index (χ1v) is 8.55. The Bertz CT molecular complexity index is 625. The summed E-state index contributed by atoms with van der Waals surface area (Å²) >= 11 is 0. The third kappa shape index (κ3) is 2.73. The lowest BCUT2D eigenvalue weighted by atomic mass is 10.2. The van der Waals surface area contributed by atoms with Crippen LogP contribution in [0.25, 0.3) is 0 Å². The van der Waals surface area contributed by atoms with E-state index in [1.165, 1.54) is 12.3 Å². The maximum atomic E-state index is 12.3. The van der Waals surface area contributed by atoms with Crippen LogP contribution >= 0.6 is 0 Å². The summed E-state index contributed by atoms with van der Waals surface area (Å²) in [6.45, 7) is 0. The predicted molar refractivity (Wildman–Crippen MR) is 73.8 cm³/mol. The van der Waals surface area contributed by atoms with Crippen LogP contribution in [-0.2, 0) is 10.0 Å². The van der Waals surface area contributed by atoms with Crippen molar-refractivity contribution in [1.82, 2.24) is 9.88 Å². The zero-order valence-corrected chi connectivity index (χ0v) is 12.0. The van der Waals surface area contributed by atoms with Gasteiger partial charge in [-0.3, -0.25) is 4.79 Å². The zero-order valence-electron chi connectivity index (χ0n) is 11.2. The number of nitrogens with two attached hydrogens (primary N) is 1. The van der Waals surface area contributed by atoms with Gasteiger partial charge < -0.3 is 9.88 Å². The Labute approximate surface area is 118 Å². The molecule has 0 atom stereocenters. The second kappa shape index (κ2) is 4.89. The van der Waals surface area contributed by atoms with Gasteiger partial charge in [0.05, 0.1) is 0 Å². The molecule has 0 aromatic carbocycles. The average molecular weight is 297 g/mol. The van der Waals surface area contributed by atoms with E-state index in [1.807, 2.05) is 0 Å². The number of aromatic nitrogens is 1. The maximum Gasteiger partial charge on any atom is 0.268 e. The van der Waals surface area contributed by atoms with Crippen molar-refractivity contribution >= 4 is 15.9 Å². The number of sulfonamides is 1. The lowest BCUT2D eigenvalue weighted by Crippen LogP contribution is -2.33. The lowest BCUT2D eigenvalue weighted by Gasteiger charge is -2.13. The molecule has 0 spiro atoms. The van der Waals surface area contributed by atoms with E-state index in [0.29, 0.717) is 5.69 Å². The van der Waals surface area contributed by atoms with Gasteiger partial charge in [-0.2, -0.15) is 0 Å². The minimum atomic E-state index is -3.77. The molecule has 2 aliphatic carbocycles. The maximum absolute atomic E-state index is 12.3. The molecule has 0 aliphatic heterocycles. The quantitative estimate of drug-likeness (QED) is 0.872. The van der Waals surface area contributed by atoms with Crippen LogP contribution in [0.4, 0.5) is 0 Å². The minimum absolute atomic E-state index is 0.0148. The highest BCUT2D eigenvalue weighted by Gasteiger charge is 2.30. The number of nitrogens with one attached hydrogen (secondary N) is 1. The minimum Gasteiger partial charge on any atom is -0.348 e. The van der Waals surface area contributed by atoms with E-state index < -0.39 is 10.0 Å². The Kier molecular flexibility index (Phi) is 3.33. The average Bonchev–Trinajstić information content (AvgIpc) is 2.90. The molecule has 3 rings (SSSR count). The smallest absolute Gasteiger partial charge is 0.268 e. The first-order valence-electron chi connectivity index (χ1n) is 7.00. The van der Waals surface area contributed by atoms with E-state index in [-0.39, 0.29) is 22.9 Å². The molecule has 0 radical (unpaired) electrons. The summed E-state index contributed by atoms with van der Waals surface area (Å²) in [6, 6.07) is 1.83. The van der Waals surface area contributed by atoms with Crippen molar-refractivity contribution in [3.05, 3.63) is 18.0 Å². The molecule has 20 heavy (non-hydrogen) atoms. The third-order valence-corrected chi connectivity index (χ3v) is 4.90. The van der Waals surface area contributed by atoms with Gasteiger partial charge in [0.25, 0.3) is 5.91 Å². The third-order valence-electron chi connectivity index (χ3n) is 4.02. The van der Waals surface area contributed by atoms with E-state index in [1.54, 1.807) is 4.57 Å². The number of rotatable bonds is 4. The molecule has 6 nitrogen and oxygen atoms in total. The van der Waals surface area contributed by atoms with Crippen LogP contribution in [0.1, 0.15) is 55.1 Å². The van der Waals surface area contributed by atoms with Gasteiger partial charge in [0.15, 0.2) is 0 Å². The molecular formula is C13H19N3O3S. The Hall–Kier alpha value is -1.34. The van der Waals surface area contributed by atoms with Gasteiger partial charge >= 0.3 is 0 Å². The van der Waals surface area contributed by atoms with Crippen molar-refractivity contribution in [2.45, 2.75) is 55.5 Å². The summed E-state index contributed by atoms with van der Waals surface area (Å²) in [4.78, 5) is 12.3. The van der Waals surface area contributed by atoms with Crippen molar-refractivity contribution in [2.24, 2.45) is 5.14 Å². The molecule has 1 aromatic rings. The largest absolute Gasteiger partial charge is 0.348 e. The summed E-state index contributed by atoms with van der Waals surface area (Å²) in [5.74, 6) is -0.196. The zero-order chi connectivity index (χ0) is 14.3. The van der Waals surface area contributed by atoms with Crippen molar-refractivity contribution in [3.63, 3.8) is 0 Å². The number of carbonyl (C=O) groups excluding carboxylic acids is 1. The van der Waals surface area contributed by atoms with Gasteiger partial charge in [0, 0.05) is 18.3 Å². The van der Waals surface area contributed by atoms with E-state index >= 15 is 0 Å². The Balaban J connectivity index is 1.86. The van der Waals surface area contributed by atoms with E-state index in [2.05, 4.69) is 5.32 Å². The Morgan fingerprint density at radius 3 is 2.45 bits per heavy atom. The van der Waals surface area contributed by atoms with E-state index in [4.69, 9.17) is 5.14 Å². The van der Waals surface area contributed by atoms with Gasteiger partial charge in [0.2, 0.25) is 10.0 Å². The van der Waals surface area contributed by atoms with Crippen LogP contribution < -0.4 is 10.5 Å². The molecule has 1 amide bonds. The summed E-state index contributed by atoms with van der Waals surface area (Å²) < 4.78 is 24.6. The number of hydrogen-bond donors (Lipinski definition) is 2. The highest BCUT2D eigenvalue weighted by Crippen LogP contribution is 2.37. The van der Waals surface area contributed by atoms with Gasteiger partial charge in [-0.05, 0) is 31.7 Å². The second-order valence-corrected chi connectivity index (χ2v) is 7.26. The molecule has 0 unspecified atom stereocenters. The van der Waals surface area contributed by atoms with Crippen molar-refractivity contribution in [1.29, 1.82) is 0 Å². The standard InChI is InChI=1S/C13H19N3O3S/c14-20(18,19)11-7-12(16(8-11)10-5-6-10)13(17)15-9-3-1-2-4-9/h7-10H,1-6H2,(H,15,17)(H2,14,18,19). The lowest BCUT2D eigenvalue weighted by molar-refractivity contribution is 0.0928. The highest BCUT2D eigenvalue weighted by molar-refractivity contribution is 7.89. The molecule has 1 aromatic heterocycles. The summed E-state index contributed by atoms with van der Waals surface area (Å²) in [5, 5.41) is 8.14. The van der Waals surface area contributed by atoms with Crippen molar-refractivity contribution in [2.75, 3.05) is 0 Å². The molecular weight excluding hydrogens is 278 g/mol. The van der Waals surface area contributed by atoms with Crippen LogP contribution in [0, 0.1) is 0 Å². The topological polar surface area (TPSA) is 94.2 Å². The molecule has 2 saturated carbocycles. The summed E-state index contributed by atoms with van der Waals surface area (Å²) in [7, 11) is -3.77. The molecule has 1 heterocycles. The van der Waals surface area contributed by atoms with Gasteiger partial charge in [0.1, 0.15) is 10.6 Å². The Morgan fingerprint density at radius 2 is 1.90 bits per heavy atom.